The average molecular weight is 413 g/mol. The van der Waals surface area contributed by atoms with E-state index in [0.717, 1.165) is 13.0 Å². The van der Waals surface area contributed by atoms with Crippen LogP contribution in [0.1, 0.15) is 38.3 Å². The van der Waals surface area contributed by atoms with Crippen molar-refractivity contribution in [3.05, 3.63) is 102 Å². The Bertz CT molecular complexity index is 959. The van der Waals surface area contributed by atoms with E-state index in [-0.39, 0.29) is 5.04 Å². The lowest BCUT2D eigenvalue weighted by molar-refractivity contribution is 0.285. The minimum atomic E-state index is -2.43. The molecule has 0 aromatic heterocycles. The summed E-state index contributed by atoms with van der Waals surface area (Å²) in [7, 11) is -2.43. The second kappa shape index (κ2) is 8.37. The molecule has 0 N–H and O–H groups in total. The molecule has 30 heavy (non-hydrogen) atoms. The Labute approximate surface area is 182 Å². The van der Waals surface area contributed by atoms with Crippen LogP contribution in [0.3, 0.4) is 0 Å². The molecule has 0 bridgehead atoms. The molecule has 0 amide bonds. The molecule has 1 aliphatic rings. The smallest absolute Gasteiger partial charge is 0.261 e. The third kappa shape index (κ3) is 4.21. The molecular formula is C28H32OSi. The largest absolute Gasteiger partial charge is 0.407 e. The van der Waals surface area contributed by atoms with Crippen molar-refractivity contribution >= 4 is 24.8 Å². The SMILES string of the molecule is Cc1ccc(/C=C2\CC2CO[Si](c2ccccc2)(c2ccccc2)C(C)(C)C)cc1. The lowest BCUT2D eigenvalue weighted by atomic mass is 10.1. The zero-order valence-electron chi connectivity index (χ0n) is 18.6. The summed E-state index contributed by atoms with van der Waals surface area (Å²) < 4.78 is 7.08. The molecular weight excluding hydrogens is 380 g/mol. The van der Waals surface area contributed by atoms with Crippen molar-refractivity contribution in [1.29, 1.82) is 0 Å². The first kappa shape index (κ1) is 20.8. The molecule has 1 nitrogen and oxygen atoms in total. The van der Waals surface area contributed by atoms with Gasteiger partial charge in [-0.2, -0.15) is 0 Å². The van der Waals surface area contributed by atoms with E-state index in [2.05, 4.69) is 119 Å². The topological polar surface area (TPSA) is 9.23 Å². The maximum atomic E-state index is 7.08. The van der Waals surface area contributed by atoms with Gasteiger partial charge in [0, 0.05) is 12.5 Å². The second-order valence-electron chi connectivity index (χ2n) is 9.51. The van der Waals surface area contributed by atoms with Gasteiger partial charge in [0.1, 0.15) is 0 Å². The van der Waals surface area contributed by atoms with Crippen molar-refractivity contribution < 1.29 is 4.43 Å². The van der Waals surface area contributed by atoms with E-state index in [0.29, 0.717) is 5.92 Å². The Morgan fingerprint density at radius 2 is 1.37 bits per heavy atom. The Balaban J connectivity index is 1.62. The highest BCUT2D eigenvalue weighted by atomic mass is 28.4. The predicted molar refractivity (Wildman–Crippen MR) is 131 cm³/mol. The van der Waals surface area contributed by atoms with E-state index in [1.165, 1.54) is 27.1 Å². The molecule has 0 aliphatic heterocycles. The van der Waals surface area contributed by atoms with Crippen LogP contribution in [-0.4, -0.2) is 14.9 Å². The van der Waals surface area contributed by atoms with Crippen molar-refractivity contribution in [2.45, 2.75) is 39.2 Å². The van der Waals surface area contributed by atoms with Crippen LogP contribution in [-0.2, 0) is 4.43 Å². The number of hydrogen-bond acceptors (Lipinski definition) is 1. The van der Waals surface area contributed by atoms with Gasteiger partial charge < -0.3 is 4.43 Å². The third-order valence-corrected chi connectivity index (χ3v) is 11.2. The molecule has 0 heterocycles. The van der Waals surface area contributed by atoms with Crippen LogP contribution < -0.4 is 10.4 Å². The molecule has 2 heteroatoms. The Morgan fingerprint density at radius 3 is 1.87 bits per heavy atom. The quantitative estimate of drug-likeness (QED) is 0.453. The van der Waals surface area contributed by atoms with Gasteiger partial charge in [0.05, 0.1) is 0 Å². The maximum Gasteiger partial charge on any atom is 0.261 e. The molecule has 1 aliphatic carbocycles. The fourth-order valence-electron chi connectivity index (χ4n) is 4.43. The van der Waals surface area contributed by atoms with Gasteiger partial charge in [-0.1, -0.05) is 123 Å². The molecule has 154 valence electrons. The standard InChI is InChI=1S/C28H32OSi/c1-22-15-17-23(18-16-22)19-24-20-25(24)21-29-30(28(2,3)4,26-11-7-5-8-12-26)27-13-9-6-10-14-27/h5-19,25H,20-21H2,1-4H3/b24-19+. The van der Waals surface area contributed by atoms with Crippen LogP contribution in [0.5, 0.6) is 0 Å². The first-order valence-electron chi connectivity index (χ1n) is 10.9. The maximum absolute atomic E-state index is 7.08. The Kier molecular flexibility index (Phi) is 5.81. The van der Waals surface area contributed by atoms with Crippen LogP contribution in [0.25, 0.3) is 6.08 Å². The van der Waals surface area contributed by atoms with Gasteiger partial charge >= 0.3 is 0 Å². The van der Waals surface area contributed by atoms with Gasteiger partial charge in [0.15, 0.2) is 0 Å². The number of aryl methyl sites for hydroxylation is 1. The fourth-order valence-corrected chi connectivity index (χ4v) is 9.04. The zero-order valence-corrected chi connectivity index (χ0v) is 19.6. The monoisotopic (exact) mass is 412 g/mol. The summed E-state index contributed by atoms with van der Waals surface area (Å²) in [4.78, 5) is 0. The molecule has 1 unspecified atom stereocenters. The van der Waals surface area contributed by atoms with Crippen molar-refractivity contribution in [3.8, 4) is 0 Å². The first-order valence-corrected chi connectivity index (χ1v) is 12.8. The van der Waals surface area contributed by atoms with Crippen molar-refractivity contribution in [3.63, 3.8) is 0 Å². The minimum Gasteiger partial charge on any atom is -0.407 e. The van der Waals surface area contributed by atoms with Gasteiger partial charge in [0.2, 0.25) is 0 Å². The third-order valence-electron chi connectivity index (χ3n) is 6.19. The summed E-state index contributed by atoms with van der Waals surface area (Å²) in [5.41, 5.74) is 4.11. The summed E-state index contributed by atoms with van der Waals surface area (Å²) in [5.74, 6) is 0.535. The predicted octanol–water partition coefficient (Wildman–Crippen LogP) is 5.97. The van der Waals surface area contributed by atoms with Crippen LogP contribution in [0.15, 0.2) is 90.5 Å². The van der Waals surface area contributed by atoms with Gasteiger partial charge in [-0.15, -0.1) is 0 Å². The van der Waals surface area contributed by atoms with Gasteiger partial charge in [-0.25, -0.2) is 0 Å². The van der Waals surface area contributed by atoms with Gasteiger partial charge in [0.25, 0.3) is 8.32 Å². The first-order chi connectivity index (χ1) is 14.4. The normalized spacial score (nSPS) is 17.9. The lowest BCUT2D eigenvalue weighted by Crippen LogP contribution is -2.66. The molecule has 1 fully saturated rings. The zero-order chi connectivity index (χ0) is 21.2. The van der Waals surface area contributed by atoms with Crippen molar-refractivity contribution in [2.24, 2.45) is 5.92 Å². The van der Waals surface area contributed by atoms with Crippen LogP contribution in [0, 0.1) is 12.8 Å². The van der Waals surface area contributed by atoms with E-state index in [1.54, 1.807) is 0 Å². The summed E-state index contributed by atoms with van der Waals surface area (Å²) in [6, 6.07) is 30.6. The molecule has 1 atom stereocenters. The number of benzene rings is 3. The van der Waals surface area contributed by atoms with Gasteiger partial charge in [-0.05, 0) is 34.3 Å². The molecule has 4 rings (SSSR count). The number of rotatable bonds is 6. The molecule has 3 aromatic carbocycles. The fraction of sp³-hybridized carbons (Fsp3) is 0.286. The van der Waals surface area contributed by atoms with E-state index in [4.69, 9.17) is 4.43 Å². The Morgan fingerprint density at radius 1 is 0.833 bits per heavy atom. The summed E-state index contributed by atoms with van der Waals surface area (Å²) >= 11 is 0. The van der Waals surface area contributed by atoms with E-state index in [1.807, 2.05) is 0 Å². The molecule has 0 radical (unpaired) electrons. The van der Waals surface area contributed by atoms with Crippen LogP contribution in [0.2, 0.25) is 5.04 Å². The summed E-state index contributed by atoms with van der Waals surface area (Å²) in [6.07, 6.45) is 3.49. The van der Waals surface area contributed by atoms with E-state index in [9.17, 15) is 0 Å². The minimum absolute atomic E-state index is 0.0332. The van der Waals surface area contributed by atoms with E-state index >= 15 is 0 Å². The molecule has 3 aromatic rings. The van der Waals surface area contributed by atoms with Crippen LogP contribution in [0.4, 0.5) is 0 Å². The van der Waals surface area contributed by atoms with Crippen LogP contribution >= 0.6 is 0 Å². The lowest BCUT2D eigenvalue weighted by Gasteiger charge is -2.43. The van der Waals surface area contributed by atoms with Gasteiger partial charge in [-0.3, -0.25) is 0 Å². The highest BCUT2D eigenvalue weighted by Crippen LogP contribution is 2.42. The average Bonchev–Trinajstić information content (AvgIpc) is 3.48. The number of hydrogen-bond donors (Lipinski definition) is 0. The second-order valence-corrected chi connectivity index (χ2v) is 13.8. The summed E-state index contributed by atoms with van der Waals surface area (Å²) in [6.45, 7) is 9.96. The molecule has 0 saturated heterocycles. The highest BCUT2D eigenvalue weighted by Gasteiger charge is 2.51. The Hall–Kier alpha value is -2.42. The summed E-state index contributed by atoms with van der Waals surface area (Å²) in [5, 5.41) is 2.74. The molecule has 0 spiro atoms. The highest BCUT2D eigenvalue weighted by molar-refractivity contribution is 6.99. The van der Waals surface area contributed by atoms with Crippen molar-refractivity contribution in [2.75, 3.05) is 6.61 Å². The van der Waals surface area contributed by atoms with Crippen molar-refractivity contribution in [1.82, 2.24) is 0 Å². The molecule has 1 saturated carbocycles. The van der Waals surface area contributed by atoms with E-state index < -0.39 is 8.32 Å².